The van der Waals surface area contributed by atoms with E-state index in [4.69, 9.17) is 5.73 Å². The van der Waals surface area contributed by atoms with E-state index >= 15 is 0 Å². The number of thioether (sulfide) groups is 1. The van der Waals surface area contributed by atoms with E-state index in [1.54, 1.807) is 0 Å². The van der Waals surface area contributed by atoms with Gasteiger partial charge in [-0.2, -0.15) is 0 Å². The molecule has 0 atom stereocenters. The first-order chi connectivity index (χ1) is 12.5. The van der Waals surface area contributed by atoms with Crippen molar-refractivity contribution in [3.63, 3.8) is 0 Å². The SMILES string of the molecule is NC(=O)c1ccc(SCC(=O)NCCCc2ccccc2)c([N+](=O)[O-])c1. The van der Waals surface area contributed by atoms with E-state index in [9.17, 15) is 19.7 Å². The van der Waals surface area contributed by atoms with Crippen LogP contribution in [0.1, 0.15) is 22.3 Å². The van der Waals surface area contributed by atoms with Gasteiger partial charge in [0, 0.05) is 18.2 Å². The monoisotopic (exact) mass is 373 g/mol. The molecule has 0 unspecified atom stereocenters. The molecule has 0 saturated heterocycles. The quantitative estimate of drug-likeness (QED) is 0.303. The van der Waals surface area contributed by atoms with Crippen LogP contribution < -0.4 is 11.1 Å². The van der Waals surface area contributed by atoms with Crippen molar-refractivity contribution in [2.45, 2.75) is 17.7 Å². The Hall–Kier alpha value is -2.87. The zero-order chi connectivity index (χ0) is 18.9. The van der Waals surface area contributed by atoms with Gasteiger partial charge in [-0.05, 0) is 30.5 Å². The number of rotatable bonds is 9. The van der Waals surface area contributed by atoms with Crippen molar-refractivity contribution in [3.8, 4) is 0 Å². The van der Waals surface area contributed by atoms with Crippen LogP contribution in [0.5, 0.6) is 0 Å². The Morgan fingerprint density at radius 1 is 1.15 bits per heavy atom. The molecule has 136 valence electrons. The van der Waals surface area contributed by atoms with Crippen molar-refractivity contribution >= 4 is 29.3 Å². The first kappa shape index (κ1) is 19.5. The van der Waals surface area contributed by atoms with Gasteiger partial charge in [-0.25, -0.2) is 0 Å². The minimum Gasteiger partial charge on any atom is -0.366 e. The number of nitro benzene ring substituents is 1. The summed E-state index contributed by atoms with van der Waals surface area (Å²) in [4.78, 5) is 33.9. The average Bonchev–Trinajstić information content (AvgIpc) is 2.64. The molecule has 0 aliphatic heterocycles. The average molecular weight is 373 g/mol. The van der Waals surface area contributed by atoms with Crippen molar-refractivity contribution in [3.05, 3.63) is 69.8 Å². The standard InChI is InChI=1S/C18H19N3O4S/c19-18(23)14-8-9-16(15(11-14)21(24)25)26-12-17(22)20-10-4-7-13-5-2-1-3-6-13/h1-3,5-6,8-9,11H,4,7,10,12H2,(H2,19,23)(H,20,22). The molecule has 8 heteroatoms. The van der Waals surface area contributed by atoms with Crippen molar-refractivity contribution in [1.82, 2.24) is 5.32 Å². The van der Waals surface area contributed by atoms with Crippen molar-refractivity contribution in [2.24, 2.45) is 5.73 Å². The lowest BCUT2D eigenvalue weighted by Crippen LogP contribution is -2.26. The summed E-state index contributed by atoms with van der Waals surface area (Å²) in [5.41, 5.74) is 6.17. The molecule has 3 N–H and O–H groups in total. The largest absolute Gasteiger partial charge is 0.366 e. The van der Waals surface area contributed by atoms with Crippen molar-refractivity contribution in [2.75, 3.05) is 12.3 Å². The van der Waals surface area contributed by atoms with E-state index in [0.717, 1.165) is 30.7 Å². The smallest absolute Gasteiger partial charge is 0.283 e. The second-order valence-corrected chi connectivity index (χ2v) is 6.55. The Kier molecular flexibility index (Phi) is 7.16. The maximum Gasteiger partial charge on any atom is 0.283 e. The maximum absolute atomic E-state index is 11.9. The van der Waals surface area contributed by atoms with Crippen LogP contribution in [0.2, 0.25) is 0 Å². The minimum atomic E-state index is -0.735. The highest BCUT2D eigenvalue weighted by molar-refractivity contribution is 8.00. The van der Waals surface area contributed by atoms with Gasteiger partial charge in [0.2, 0.25) is 11.8 Å². The van der Waals surface area contributed by atoms with E-state index in [0.29, 0.717) is 11.4 Å². The maximum atomic E-state index is 11.9. The zero-order valence-electron chi connectivity index (χ0n) is 14.0. The summed E-state index contributed by atoms with van der Waals surface area (Å²) < 4.78 is 0. The summed E-state index contributed by atoms with van der Waals surface area (Å²) in [7, 11) is 0. The van der Waals surface area contributed by atoms with Crippen LogP contribution in [0, 0.1) is 10.1 Å². The first-order valence-electron chi connectivity index (χ1n) is 7.99. The van der Waals surface area contributed by atoms with Gasteiger partial charge in [0.1, 0.15) is 0 Å². The number of benzene rings is 2. The molecule has 0 fully saturated rings. The van der Waals surface area contributed by atoms with Crippen LogP contribution in [0.3, 0.4) is 0 Å². The van der Waals surface area contributed by atoms with E-state index in [2.05, 4.69) is 5.32 Å². The Balaban J connectivity index is 1.81. The summed E-state index contributed by atoms with van der Waals surface area (Å²) in [5, 5.41) is 13.9. The molecule has 2 aromatic carbocycles. The molecule has 26 heavy (non-hydrogen) atoms. The Labute approximate surface area is 155 Å². The van der Waals surface area contributed by atoms with Gasteiger partial charge in [-0.3, -0.25) is 19.7 Å². The number of nitrogens with one attached hydrogen (secondary N) is 1. The molecule has 2 rings (SSSR count). The highest BCUT2D eigenvalue weighted by Crippen LogP contribution is 2.29. The van der Waals surface area contributed by atoms with E-state index < -0.39 is 10.8 Å². The number of primary amides is 1. The molecular formula is C18H19N3O4S. The van der Waals surface area contributed by atoms with Crippen LogP contribution >= 0.6 is 11.8 Å². The topological polar surface area (TPSA) is 115 Å². The van der Waals surface area contributed by atoms with Crippen LogP contribution in [-0.4, -0.2) is 29.0 Å². The number of carbonyl (C=O) groups excluding carboxylic acids is 2. The van der Waals surface area contributed by atoms with Gasteiger partial charge in [-0.15, -0.1) is 11.8 Å². The molecule has 0 saturated carbocycles. The molecule has 0 bridgehead atoms. The minimum absolute atomic E-state index is 0.0576. The highest BCUT2D eigenvalue weighted by atomic mass is 32.2. The second-order valence-electron chi connectivity index (χ2n) is 5.53. The molecule has 7 nitrogen and oxygen atoms in total. The summed E-state index contributed by atoms with van der Waals surface area (Å²) in [6, 6.07) is 13.9. The molecule has 0 radical (unpaired) electrons. The lowest BCUT2D eigenvalue weighted by molar-refractivity contribution is -0.387. The fraction of sp³-hybridized carbons (Fsp3) is 0.222. The number of amides is 2. The summed E-state index contributed by atoms with van der Waals surface area (Å²) in [6.45, 7) is 0.539. The van der Waals surface area contributed by atoms with E-state index in [-0.39, 0.29) is 22.9 Å². The van der Waals surface area contributed by atoms with E-state index in [1.165, 1.54) is 17.7 Å². The number of hydrogen-bond donors (Lipinski definition) is 2. The molecule has 0 heterocycles. The van der Waals surface area contributed by atoms with Gasteiger partial charge in [0.25, 0.3) is 5.69 Å². The normalized spacial score (nSPS) is 10.3. The third-order valence-electron chi connectivity index (χ3n) is 3.61. The second kappa shape index (κ2) is 9.57. The summed E-state index contributed by atoms with van der Waals surface area (Å²) in [5.74, 6) is -0.876. The van der Waals surface area contributed by atoms with Gasteiger partial charge in [0.05, 0.1) is 15.6 Å². The third kappa shape index (κ3) is 5.89. The number of nitrogens with zero attached hydrogens (tertiary/aromatic N) is 1. The number of nitro groups is 1. The fourth-order valence-electron chi connectivity index (χ4n) is 2.29. The Morgan fingerprint density at radius 3 is 2.54 bits per heavy atom. The molecule has 0 aromatic heterocycles. The van der Waals surface area contributed by atoms with Crippen LogP contribution in [0.25, 0.3) is 0 Å². The number of hydrogen-bond acceptors (Lipinski definition) is 5. The van der Waals surface area contributed by atoms with E-state index in [1.807, 2.05) is 30.3 Å². The molecule has 2 aromatic rings. The number of carbonyl (C=O) groups is 2. The molecular weight excluding hydrogens is 354 g/mol. The molecule has 0 spiro atoms. The highest BCUT2D eigenvalue weighted by Gasteiger charge is 2.17. The van der Waals surface area contributed by atoms with Gasteiger partial charge < -0.3 is 11.1 Å². The van der Waals surface area contributed by atoms with Crippen LogP contribution in [-0.2, 0) is 11.2 Å². The molecule has 0 aliphatic rings. The van der Waals surface area contributed by atoms with Crippen molar-refractivity contribution in [1.29, 1.82) is 0 Å². The van der Waals surface area contributed by atoms with Crippen LogP contribution in [0.4, 0.5) is 5.69 Å². The fourth-order valence-corrected chi connectivity index (χ4v) is 3.13. The lowest BCUT2D eigenvalue weighted by Gasteiger charge is -2.06. The summed E-state index contributed by atoms with van der Waals surface area (Å²) in [6.07, 6.45) is 1.68. The Bertz CT molecular complexity index is 796. The van der Waals surface area contributed by atoms with Crippen molar-refractivity contribution < 1.29 is 14.5 Å². The number of aryl methyl sites for hydroxylation is 1. The first-order valence-corrected chi connectivity index (χ1v) is 8.97. The zero-order valence-corrected chi connectivity index (χ0v) is 14.8. The van der Waals surface area contributed by atoms with Crippen LogP contribution in [0.15, 0.2) is 53.4 Å². The van der Waals surface area contributed by atoms with Gasteiger partial charge in [-0.1, -0.05) is 30.3 Å². The Morgan fingerprint density at radius 2 is 1.88 bits per heavy atom. The summed E-state index contributed by atoms with van der Waals surface area (Å²) >= 11 is 1.05. The molecule has 0 aliphatic carbocycles. The lowest BCUT2D eigenvalue weighted by atomic mass is 10.1. The van der Waals surface area contributed by atoms with Gasteiger partial charge in [0.15, 0.2) is 0 Å². The van der Waals surface area contributed by atoms with Gasteiger partial charge >= 0.3 is 0 Å². The number of nitrogens with two attached hydrogens (primary N) is 1. The predicted octanol–water partition coefficient (Wildman–Crippen LogP) is 2.53. The predicted molar refractivity (Wildman–Crippen MR) is 100 cm³/mol. The third-order valence-corrected chi connectivity index (χ3v) is 4.67. The molecule has 2 amide bonds.